The minimum Gasteiger partial charge on any atom is -0.496 e. The molecule has 1 aromatic carbocycles. The lowest BCUT2D eigenvalue weighted by Gasteiger charge is -2.43. The first kappa shape index (κ1) is 21.4. The molecule has 0 unspecified atom stereocenters. The van der Waals surface area contributed by atoms with Crippen LogP contribution in [0.15, 0.2) is 18.2 Å². The topological polar surface area (TPSA) is 56.3 Å². The number of benzene rings is 1. The lowest BCUT2D eigenvalue weighted by molar-refractivity contribution is -0.135. The van der Waals surface area contributed by atoms with Crippen molar-refractivity contribution in [3.8, 4) is 5.75 Å². The van der Waals surface area contributed by atoms with Crippen LogP contribution in [-0.2, 0) is 4.79 Å². The summed E-state index contributed by atoms with van der Waals surface area (Å²) < 4.78 is 5.32. The molecular weight excluding hydrogens is 404 g/mol. The molecule has 2 heterocycles. The van der Waals surface area contributed by atoms with Gasteiger partial charge in [0, 0.05) is 63.4 Å². The summed E-state index contributed by atoms with van der Waals surface area (Å²) in [6.07, 6.45) is 3.98. The Morgan fingerprint density at radius 1 is 1.00 bits per heavy atom. The average molecular weight is 435 g/mol. The van der Waals surface area contributed by atoms with Gasteiger partial charge in [-0.05, 0) is 31.0 Å². The number of carbonyl (C=O) groups is 2. The molecule has 3 aliphatic rings. The summed E-state index contributed by atoms with van der Waals surface area (Å²) in [5, 5.41) is 0.515. The number of hydrogen-bond donors (Lipinski definition) is 0. The minimum atomic E-state index is -0.0764. The highest BCUT2D eigenvalue weighted by Crippen LogP contribution is 2.26. The molecule has 7 nitrogen and oxygen atoms in total. The summed E-state index contributed by atoms with van der Waals surface area (Å²) in [4.78, 5) is 34.2. The van der Waals surface area contributed by atoms with Crippen molar-refractivity contribution in [3.05, 3.63) is 28.8 Å². The van der Waals surface area contributed by atoms with E-state index >= 15 is 0 Å². The molecule has 0 atom stereocenters. The number of piperazine rings is 2. The summed E-state index contributed by atoms with van der Waals surface area (Å²) in [6, 6.07) is 5.84. The van der Waals surface area contributed by atoms with Crippen LogP contribution in [0.1, 0.15) is 29.6 Å². The molecule has 0 spiro atoms. The van der Waals surface area contributed by atoms with Gasteiger partial charge >= 0.3 is 0 Å². The fraction of sp³-hybridized carbons (Fsp3) is 0.636. The van der Waals surface area contributed by atoms with Crippen molar-refractivity contribution in [1.29, 1.82) is 0 Å². The molecule has 3 fully saturated rings. The van der Waals surface area contributed by atoms with Crippen LogP contribution in [-0.4, -0.2) is 103 Å². The average Bonchev–Trinajstić information content (AvgIpc) is 2.73. The van der Waals surface area contributed by atoms with Gasteiger partial charge in [0.05, 0.1) is 19.2 Å². The first-order chi connectivity index (χ1) is 14.5. The van der Waals surface area contributed by atoms with E-state index in [-0.39, 0.29) is 11.8 Å². The highest BCUT2D eigenvalue weighted by atomic mass is 35.5. The van der Waals surface area contributed by atoms with E-state index in [1.807, 2.05) is 9.80 Å². The third kappa shape index (κ3) is 4.74. The second kappa shape index (κ2) is 9.54. The third-order valence-electron chi connectivity index (χ3n) is 6.67. The predicted octanol–water partition coefficient (Wildman–Crippen LogP) is 1.80. The number of methoxy groups -OCH3 is 1. The Hall–Kier alpha value is -1.83. The van der Waals surface area contributed by atoms with Crippen LogP contribution in [0.5, 0.6) is 5.75 Å². The lowest BCUT2D eigenvalue weighted by atomic mass is 9.91. The molecule has 2 amide bonds. The fourth-order valence-corrected chi connectivity index (χ4v) is 4.68. The zero-order valence-corrected chi connectivity index (χ0v) is 18.4. The highest BCUT2D eigenvalue weighted by Gasteiger charge is 2.31. The van der Waals surface area contributed by atoms with Crippen molar-refractivity contribution in [2.45, 2.75) is 25.3 Å². The van der Waals surface area contributed by atoms with Gasteiger partial charge < -0.3 is 14.5 Å². The number of halogens is 1. The summed E-state index contributed by atoms with van der Waals surface area (Å²) in [6.45, 7) is 6.69. The minimum absolute atomic E-state index is 0.0764. The Kier molecular flexibility index (Phi) is 6.80. The SMILES string of the molecule is COc1ccc(Cl)cc1C(=O)N1CCN(CC(=O)N2CCN(C3CCC3)CC2)CC1. The van der Waals surface area contributed by atoms with E-state index in [0.717, 1.165) is 32.2 Å². The maximum atomic E-state index is 12.9. The molecule has 0 N–H and O–H groups in total. The van der Waals surface area contributed by atoms with Crippen LogP contribution in [0.3, 0.4) is 0 Å². The first-order valence-corrected chi connectivity index (χ1v) is 11.3. The number of ether oxygens (including phenoxy) is 1. The number of rotatable bonds is 5. The third-order valence-corrected chi connectivity index (χ3v) is 6.90. The van der Waals surface area contributed by atoms with E-state index in [9.17, 15) is 9.59 Å². The van der Waals surface area contributed by atoms with Gasteiger partial charge in [-0.2, -0.15) is 0 Å². The summed E-state index contributed by atoms with van der Waals surface area (Å²) >= 11 is 6.07. The number of carbonyl (C=O) groups excluding carboxylic acids is 2. The molecule has 1 saturated carbocycles. The second-order valence-electron chi connectivity index (χ2n) is 8.41. The number of nitrogens with zero attached hydrogens (tertiary/aromatic N) is 4. The van der Waals surface area contributed by atoms with E-state index in [4.69, 9.17) is 16.3 Å². The maximum absolute atomic E-state index is 12.9. The number of amides is 2. The highest BCUT2D eigenvalue weighted by molar-refractivity contribution is 6.31. The van der Waals surface area contributed by atoms with Crippen molar-refractivity contribution in [2.24, 2.45) is 0 Å². The van der Waals surface area contributed by atoms with E-state index in [0.29, 0.717) is 49.1 Å². The molecule has 164 valence electrons. The van der Waals surface area contributed by atoms with Gasteiger partial charge in [-0.25, -0.2) is 0 Å². The Morgan fingerprint density at radius 2 is 1.67 bits per heavy atom. The fourth-order valence-electron chi connectivity index (χ4n) is 4.51. The molecule has 30 heavy (non-hydrogen) atoms. The molecule has 1 aliphatic carbocycles. The van der Waals surface area contributed by atoms with Crippen molar-refractivity contribution in [1.82, 2.24) is 19.6 Å². The Bertz CT molecular complexity index is 770. The molecule has 0 bridgehead atoms. The van der Waals surface area contributed by atoms with Crippen LogP contribution < -0.4 is 4.74 Å². The molecule has 0 aromatic heterocycles. The molecule has 2 aliphatic heterocycles. The summed E-state index contributed by atoms with van der Waals surface area (Å²) in [5.41, 5.74) is 0.485. The molecule has 0 radical (unpaired) electrons. The van der Waals surface area contributed by atoms with Gasteiger partial charge in [0.15, 0.2) is 0 Å². The number of hydrogen-bond acceptors (Lipinski definition) is 5. The molecular formula is C22H31ClN4O3. The first-order valence-electron chi connectivity index (χ1n) is 10.9. The van der Waals surface area contributed by atoms with Crippen LogP contribution in [0, 0.1) is 0 Å². The Balaban J connectivity index is 1.24. The smallest absolute Gasteiger partial charge is 0.257 e. The van der Waals surface area contributed by atoms with Crippen LogP contribution >= 0.6 is 11.6 Å². The summed E-state index contributed by atoms with van der Waals surface area (Å²) in [5.74, 6) is 0.662. The van der Waals surface area contributed by atoms with Crippen molar-refractivity contribution < 1.29 is 14.3 Å². The predicted molar refractivity (Wildman–Crippen MR) is 116 cm³/mol. The quantitative estimate of drug-likeness (QED) is 0.707. The van der Waals surface area contributed by atoms with E-state index in [1.54, 1.807) is 25.3 Å². The van der Waals surface area contributed by atoms with Gasteiger partial charge in [0.1, 0.15) is 5.75 Å². The largest absolute Gasteiger partial charge is 0.496 e. The zero-order chi connectivity index (χ0) is 21.1. The summed E-state index contributed by atoms with van der Waals surface area (Å²) in [7, 11) is 1.55. The van der Waals surface area contributed by atoms with Gasteiger partial charge in [-0.3, -0.25) is 19.4 Å². The van der Waals surface area contributed by atoms with E-state index in [1.165, 1.54) is 19.3 Å². The van der Waals surface area contributed by atoms with Gasteiger partial charge in [0.25, 0.3) is 5.91 Å². The lowest BCUT2D eigenvalue weighted by Crippen LogP contribution is -2.56. The maximum Gasteiger partial charge on any atom is 0.257 e. The van der Waals surface area contributed by atoms with Gasteiger partial charge in [0.2, 0.25) is 5.91 Å². The Morgan fingerprint density at radius 3 is 2.27 bits per heavy atom. The molecule has 2 saturated heterocycles. The van der Waals surface area contributed by atoms with Crippen molar-refractivity contribution in [2.75, 3.05) is 66.0 Å². The zero-order valence-electron chi connectivity index (χ0n) is 17.7. The molecule has 4 rings (SSSR count). The van der Waals surface area contributed by atoms with Crippen LogP contribution in [0.2, 0.25) is 5.02 Å². The van der Waals surface area contributed by atoms with Gasteiger partial charge in [-0.1, -0.05) is 18.0 Å². The van der Waals surface area contributed by atoms with Crippen LogP contribution in [0.4, 0.5) is 0 Å². The standard InChI is InChI=1S/C22H31ClN4O3/c1-30-20-6-5-17(23)15-19(20)22(29)27-9-7-24(8-10-27)16-21(28)26-13-11-25(12-14-26)18-3-2-4-18/h5-6,15,18H,2-4,7-14,16H2,1H3. The van der Waals surface area contributed by atoms with Crippen molar-refractivity contribution in [3.63, 3.8) is 0 Å². The molecule has 8 heteroatoms. The van der Waals surface area contributed by atoms with E-state index < -0.39 is 0 Å². The Labute approximate surface area is 183 Å². The van der Waals surface area contributed by atoms with Gasteiger partial charge in [-0.15, -0.1) is 0 Å². The molecule has 1 aromatic rings. The normalized spacial score (nSPS) is 21.4. The second-order valence-corrected chi connectivity index (χ2v) is 8.85. The van der Waals surface area contributed by atoms with Crippen molar-refractivity contribution >= 4 is 23.4 Å². The van der Waals surface area contributed by atoms with E-state index in [2.05, 4.69) is 9.80 Å². The monoisotopic (exact) mass is 434 g/mol. The van der Waals surface area contributed by atoms with Crippen LogP contribution in [0.25, 0.3) is 0 Å².